The highest BCUT2D eigenvalue weighted by atomic mass is 16.1. The maximum Gasteiger partial charge on any atom is 0.123 e. The highest BCUT2D eigenvalue weighted by molar-refractivity contribution is 5.53. The van der Waals surface area contributed by atoms with Gasteiger partial charge in [0.05, 0.1) is 0 Å². The van der Waals surface area contributed by atoms with Crippen molar-refractivity contribution in [1.82, 2.24) is 5.32 Å². The second-order valence-corrected chi connectivity index (χ2v) is 3.99. The van der Waals surface area contributed by atoms with Crippen molar-refractivity contribution >= 4 is 6.29 Å². The number of carbonyl (C=O) groups is 1. The van der Waals surface area contributed by atoms with Gasteiger partial charge in [-0.25, -0.2) is 0 Å². The van der Waals surface area contributed by atoms with Crippen molar-refractivity contribution in [2.45, 2.75) is 44.9 Å². The summed E-state index contributed by atoms with van der Waals surface area (Å²) in [6.45, 7) is 2.29. The quantitative estimate of drug-likeness (QED) is 0.631. The number of hydrogen-bond donors (Lipinski definition) is 1. The van der Waals surface area contributed by atoms with Crippen molar-refractivity contribution in [1.29, 1.82) is 0 Å². The van der Waals surface area contributed by atoms with Crippen molar-refractivity contribution in [3.8, 4) is 0 Å². The standard InChI is InChI=1S/C11H21NO/c13-10-11-6-2-1-4-8-12-9-5-3-7-11/h10-12H,1-9H2. The zero-order chi connectivity index (χ0) is 9.36. The predicted molar refractivity (Wildman–Crippen MR) is 54.7 cm³/mol. The third kappa shape index (κ3) is 5.04. The Kier molecular flexibility index (Phi) is 5.83. The van der Waals surface area contributed by atoms with E-state index >= 15 is 0 Å². The molecule has 0 spiro atoms. The summed E-state index contributed by atoms with van der Waals surface area (Å²) in [6.07, 6.45) is 9.58. The van der Waals surface area contributed by atoms with Crippen LogP contribution in [0.25, 0.3) is 0 Å². The lowest BCUT2D eigenvalue weighted by Crippen LogP contribution is -2.16. The fourth-order valence-electron chi connectivity index (χ4n) is 1.90. The molecule has 0 bridgehead atoms. The van der Waals surface area contributed by atoms with E-state index in [9.17, 15) is 4.79 Å². The van der Waals surface area contributed by atoms with Crippen molar-refractivity contribution in [2.24, 2.45) is 5.92 Å². The molecular formula is C11H21NO. The summed E-state index contributed by atoms with van der Waals surface area (Å²) < 4.78 is 0. The molecule has 0 saturated carbocycles. The molecule has 2 heteroatoms. The maximum absolute atomic E-state index is 10.7. The van der Waals surface area contributed by atoms with Crippen LogP contribution in [0.5, 0.6) is 0 Å². The van der Waals surface area contributed by atoms with Crippen molar-refractivity contribution < 1.29 is 4.79 Å². The lowest BCUT2D eigenvalue weighted by Gasteiger charge is -2.07. The average Bonchev–Trinajstić information content (AvgIpc) is 2.22. The molecule has 0 aromatic heterocycles. The first kappa shape index (κ1) is 10.7. The minimum Gasteiger partial charge on any atom is -0.317 e. The number of carbonyl (C=O) groups excluding carboxylic acids is 1. The average molecular weight is 183 g/mol. The summed E-state index contributed by atoms with van der Waals surface area (Å²) >= 11 is 0. The molecule has 2 nitrogen and oxygen atoms in total. The summed E-state index contributed by atoms with van der Waals surface area (Å²) in [7, 11) is 0. The van der Waals surface area contributed by atoms with Crippen LogP contribution in [-0.2, 0) is 4.79 Å². The van der Waals surface area contributed by atoms with Gasteiger partial charge >= 0.3 is 0 Å². The Bertz CT molecular complexity index is 124. The van der Waals surface area contributed by atoms with Crippen LogP contribution in [-0.4, -0.2) is 19.4 Å². The molecule has 1 fully saturated rings. The number of hydrogen-bond acceptors (Lipinski definition) is 2. The van der Waals surface area contributed by atoms with Gasteiger partial charge in [-0.15, -0.1) is 0 Å². The molecule has 13 heavy (non-hydrogen) atoms. The van der Waals surface area contributed by atoms with E-state index in [0.29, 0.717) is 5.92 Å². The molecule has 0 aromatic carbocycles. The summed E-state index contributed by atoms with van der Waals surface area (Å²) in [5, 5.41) is 3.43. The number of rotatable bonds is 1. The van der Waals surface area contributed by atoms with E-state index in [-0.39, 0.29) is 0 Å². The summed E-state index contributed by atoms with van der Waals surface area (Å²) in [6, 6.07) is 0. The van der Waals surface area contributed by atoms with E-state index < -0.39 is 0 Å². The number of nitrogens with one attached hydrogen (secondary N) is 1. The van der Waals surface area contributed by atoms with Crippen molar-refractivity contribution in [3.63, 3.8) is 0 Å². The van der Waals surface area contributed by atoms with Crippen LogP contribution in [0.4, 0.5) is 0 Å². The van der Waals surface area contributed by atoms with Gasteiger partial charge in [-0.1, -0.05) is 19.3 Å². The molecule has 0 aromatic rings. The van der Waals surface area contributed by atoms with E-state index in [1.165, 1.54) is 32.1 Å². The van der Waals surface area contributed by atoms with Gasteiger partial charge in [-0.2, -0.15) is 0 Å². The minimum atomic E-state index is 0.345. The largest absolute Gasteiger partial charge is 0.317 e. The first-order valence-electron chi connectivity index (χ1n) is 5.59. The van der Waals surface area contributed by atoms with Gasteiger partial charge < -0.3 is 10.1 Å². The Morgan fingerprint density at radius 3 is 2.23 bits per heavy atom. The molecule has 0 radical (unpaired) electrons. The Morgan fingerprint density at radius 1 is 0.923 bits per heavy atom. The van der Waals surface area contributed by atoms with Crippen LogP contribution in [0.1, 0.15) is 44.9 Å². The Balaban J connectivity index is 2.22. The zero-order valence-electron chi connectivity index (χ0n) is 8.43. The predicted octanol–water partition coefficient (Wildman–Crippen LogP) is 2.14. The molecule has 1 aliphatic heterocycles. The van der Waals surface area contributed by atoms with Crippen LogP contribution in [0.15, 0.2) is 0 Å². The second kappa shape index (κ2) is 7.07. The fourth-order valence-corrected chi connectivity index (χ4v) is 1.90. The molecule has 0 amide bonds. The van der Waals surface area contributed by atoms with Gasteiger partial charge in [0.25, 0.3) is 0 Å². The maximum atomic E-state index is 10.7. The molecule has 1 saturated heterocycles. The number of aldehydes is 1. The smallest absolute Gasteiger partial charge is 0.123 e. The second-order valence-electron chi connectivity index (χ2n) is 3.99. The molecule has 1 heterocycles. The summed E-state index contributed by atoms with van der Waals surface area (Å²) in [5.41, 5.74) is 0. The van der Waals surface area contributed by atoms with Crippen molar-refractivity contribution in [3.05, 3.63) is 0 Å². The monoisotopic (exact) mass is 183 g/mol. The SMILES string of the molecule is O=CC1CCCCCNCCCC1. The van der Waals surface area contributed by atoms with Gasteiger partial charge in [0.1, 0.15) is 6.29 Å². The van der Waals surface area contributed by atoms with E-state index in [1.54, 1.807) is 0 Å². The Hall–Kier alpha value is -0.370. The minimum absolute atomic E-state index is 0.345. The van der Waals surface area contributed by atoms with Crippen molar-refractivity contribution in [2.75, 3.05) is 13.1 Å². The van der Waals surface area contributed by atoms with E-state index in [0.717, 1.165) is 32.2 Å². The van der Waals surface area contributed by atoms with Crippen LogP contribution < -0.4 is 5.32 Å². The fraction of sp³-hybridized carbons (Fsp3) is 0.909. The zero-order valence-corrected chi connectivity index (χ0v) is 8.43. The molecule has 1 N–H and O–H groups in total. The first-order valence-corrected chi connectivity index (χ1v) is 5.59. The van der Waals surface area contributed by atoms with Crippen LogP contribution >= 0.6 is 0 Å². The van der Waals surface area contributed by atoms with E-state index in [4.69, 9.17) is 0 Å². The van der Waals surface area contributed by atoms with Crippen LogP contribution in [0.2, 0.25) is 0 Å². The van der Waals surface area contributed by atoms with E-state index in [1.807, 2.05) is 0 Å². The molecule has 1 aliphatic rings. The normalized spacial score (nSPS) is 27.5. The Morgan fingerprint density at radius 2 is 1.54 bits per heavy atom. The lowest BCUT2D eigenvalue weighted by atomic mass is 9.97. The summed E-state index contributed by atoms with van der Waals surface area (Å²) in [5.74, 6) is 0.345. The van der Waals surface area contributed by atoms with Gasteiger partial charge in [0, 0.05) is 5.92 Å². The highest BCUT2D eigenvalue weighted by Crippen LogP contribution is 2.15. The van der Waals surface area contributed by atoms with Gasteiger partial charge in [0.15, 0.2) is 0 Å². The first-order chi connectivity index (χ1) is 6.43. The molecule has 1 atom stereocenters. The van der Waals surface area contributed by atoms with E-state index in [2.05, 4.69) is 5.32 Å². The topological polar surface area (TPSA) is 29.1 Å². The van der Waals surface area contributed by atoms with Crippen LogP contribution in [0, 0.1) is 5.92 Å². The Labute approximate surface area is 81.1 Å². The molecule has 1 rings (SSSR count). The third-order valence-corrected chi connectivity index (χ3v) is 2.80. The highest BCUT2D eigenvalue weighted by Gasteiger charge is 2.07. The van der Waals surface area contributed by atoms with Gasteiger partial charge in [0.2, 0.25) is 0 Å². The molecule has 0 aliphatic carbocycles. The molecular weight excluding hydrogens is 162 g/mol. The van der Waals surface area contributed by atoms with Crippen LogP contribution in [0.3, 0.4) is 0 Å². The molecule has 1 unspecified atom stereocenters. The molecule has 76 valence electrons. The lowest BCUT2D eigenvalue weighted by molar-refractivity contribution is -0.111. The van der Waals surface area contributed by atoms with Gasteiger partial charge in [-0.3, -0.25) is 0 Å². The third-order valence-electron chi connectivity index (χ3n) is 2.80. The summed E-state index contributed by atoms with van der Waals surface area (Å²) in [4.78, 5) is 10.7. The van der Waals surface area contributed by atoms with Gasteiger partial charge in [-0.05, 0) is 38.8 Å².